The van der Waals surface area contributed by atoms with Crippen LogP contribution in [0.25, 0.3) is 0 Å². The lowest BCUT2D eigenvalue weighted by Gasteiger charge is -2.11. The maximum atomic E-state index is 13.5. The van der Waals surface area contributed by atoms with Crippen molar-refractivity contribution in [2.75, 3.05) is 0 Å². The molecule has 0 fully saturated rings. The molecule has 0 radical (unpaired) electrons. The van der Waals surface area contributed by atoms with Crippen LogP contribution in [0.4, 0.5) is 8.78 Å². The fourth-order valence-electron chi connectivity index (χ4n) is 3.78. The van der Waals surface area contributed by atoms with E-state index in [1.807, 2.05) is 0 Å². The monoisotopic (exact) mass is 526 g/mol. The van der Waals surface area contributed by atoms with Crippen LogP contribution >= 0.6 is 0 Å². The molecule has 0 aromatic heterocycles. The standard InChI is InChI=1S/C32H24F2O5/c1-3-5-21-19-23(33)7-17-29(21)31(35)38-27-13-9-25(10-14-27)37-26-11-15-28(16-12-26)39-32(36)30-18-8-24(34)20-22(30)6-4-2/h3-4,7-20H,1-2,5-6H2. The van der Waals surface area contributed by atoms with Gasteiger partial charge in [-0.25, -0.2) is 18.4 Å². The van der Waals surface area contributed by atoms with Gasteiger partial charge in [0, 0.05) is 0 Å². The Labute approximate surface area is 224 Å². The van der Waals surface area contributed by atoms with Gasteiger partial charge in [0.1, 0.15) is 34.6 Å². The van der Waals surface area contributed by atoms with Crippen LogP contribution in [0, 0.1) is 11.6 Å². The lowest BCUT2D eigenvalue weighted by Crippen LogP contribution is -2.11. The Morgan fingerprint density at radius 3 is 1.31 bits per heavy atom. The summed E-state index contributed by atoms with van der Waals surface area (Å²) in [5, 5.41) is 0. The smallest absolute Gasteiger partial charge is 0.343 e. The van der Waals surface area contributed by atoms with Gasteiger partial charge in [0.2, 0.25) is 0 Å². The molecule has 0 amide bonds. The van der Waals surface area contributed by atoms with Crippen LogP contribution in [0.1, 0.15) is 31.8 Å². The van der Waals surface area contributed by atoms with E-state index in [0.717, 1.165) is 0 Å². The highest BCUT2D eigenvalue weighted by atomic mass is 19.1. The van der Waals surface area contributed by atoms with E-state index in [2.05, 4.69) is 13.2 Å². The zero-order valence-corrected chi connectivity index (χ0v) is 20.9. The molecule has 4 aromatic rings. The summed E-state index contributed by atoms with van der Waals surface area (Å²) in [5.74, 6) is -0.558. The van der Waals surface area contributed by atoms with Crippen molar-refractivity contribution in [3.8, 4) is 23.0 Å². The summed E-state index contributed by atoms with van der Waals surface area (Å²) in [7, 11) is 0. The fourth-order valence-corrected chi connectivity index (χ4v) is 3.78. The van der Waals surface area contributed by atoms with Gasteiger partial charge in [-0.3, -0.25) is 0 Å². The van der Waals surface area contributed by atoms with E-state index in [-0.39, 0.29) is 11.1 Å². The van der Waals surface area contributed by atoms with Crippen molar-refractivity contribution < 1.29 is 32.6 Å². The average Bonchev–Trinajstić information content (AvgIpc) is 2.91. The maximum absolute atomic E-state index is 13.5. The highest BCUT2D eigenvalue weighted by Gasteiger charge is 2.16. The summed E-state index contributed by atoms with van der Waals surface area (Å²) in [6.45, 7) is 7.26. The molecule has 0 aliphatic carbocycles. The molecule has 0 atom stereocenters. The second-order valence-electron chi connectivity index (χ2n) is 8.41. The second-order valence-corrected chi connectivity index (χ2v) is 8.41. The Kier molecular flexibility index (Phi) is 8.64. The zero-order chi connectivity index (χ0) is 27.8. The van der Waals surface area contributed by atoms with Crippen LogP contribution in [-0.2, 0) is 12.8 Å². The third-order valence-electron chi connectivity index (χ3n) is 5.61. The molecule has 0 aliphatic heterocycles. The van der Waals surface area contributed by atoms with Crippen molar-refractivity contribution in [3.05, 3.63) is 144 Å². The Bertz CT molecular complexity index is 1390. The minimum absolute atomic E-state index is 0.258. The van der Waals surface area contributed by atoms with Gasteiger partial charge >= 0.3 is 11.9 Å². The van der Waals surface area contributed by atoms with Gasteiger partial charge in [-0.2, -0.15) is 0 Å². The minimum Gasteiger partial charge on any atom is -0.457 e. The first-order valence-electron chi connectivity index (χ1n) is 12.0. The largest absolute Gasteiger partial charge is 0.457 e. The summed E-state index contributed by atoms with van der Waals surface area (Å²) in [6.07, 6.45) is 3.82. The first-order valence-corrected chi connectivity index (χ1v) is 12.0. The Balaban J connectivity index is 1.37. The molecule has 0 bridgehead atoms. The summed E-state index contributed by atoms with van der Waals surface area (Å²) in [6, 6.07) is 20.5. The minimum atomic E-state index is -0.608. The number of esters is 2. The molecule has 4 rings (SSSR count). The molecule has 0 saturated heterocycles. The molecule has 0 spiro atoms. The second kappa shape index (κ2) is 12.5. The molecular weight excluding hydrogens is 502 g/mol. The molecule has 196 valence electrons. The Hall–Kier alpha value is -5.04. The van der Waals surface area contributed by atoms with Crippen LogP contribution in [0.5, 0.6) is 23.0 Å². The first kappa shape index (κ1) is 27.0. The quantitative estimate of drug-likeness (QED) is 0.121. The average molecular weight is 527 g/mol. The van der Waals surface area contributed by atoms with E-state index in [9.17, 15) is 18.4 Å². The van der Waals surface area contributed by atoms with Crippen LogP contribution in [0.2, 0.25) is 0 Å². The highest BCUT2D eigenvalue weighted by Crippen LogP contribution is 2.27. The van der Waals surface area contributed by atoms with Crippen molar-refractivity contribution in [2.24, 2.45) is 0 Å². The van der Waals surface area contributed by atoms with Crippen molar-refractivity contribution in [1.29, 1.82) is 0 Å². The van der Waals surface area contributed by atoms with Gasteiger partial charge in [-0.05, 0) is 109 Å². The molecule has 4 aromatic carbocycles. The summed E-state index contributed by atoms with van der Waals surface area (Å²) >= 11 is 0. The molecule has 5 nitrogen and oxygen atoms in total. The zero-order valence-electron chi connectivity index (χ0n) is 20.9. The van der Waals surface area contributed by atoms with E-state index in [1.165, 1.54) is 36.4 Å². The van der Waals surface area contributed by atoms with Gasteiger partial charge in [0.15, 0.2) is 0 Å². The summed E-state index contributed by atoms with van der Waals surface area (Å²) in [5.41, 5.74) is 1.49. The van der Waals surface area contributed by atoms with Crippen LogP contribution in [-0.4, -0.2) is 11.9 Å². The van der Waals surface area contributed by atoms with Gasteiger partial charge in [0.25, 0.3) is 0 Å². The number of benzene rings is 4. The Morgan fingerprint density at radius 2 is 0.949 bits per heavy atom. The molecule has 7 heteroatoms. The van der Waals surface area contributed by atoms with E-state index in [0.29, 0.717) is 47.0 Å². The maximum Gasteiger partial charge on any atom is 0.343 e. The number of ether oxygens (including phenoxy) is 3. The molecule has 0 N–H and O–H groups in total. The van der Waals surface area contributed by atoms with Gasteiger partial charge in [-0.1, -0.05) is 12.2 Å². The van der Waals surface area contributed by atoms with E-state index < -0.39 is 23.6 Å². The summed E-state index contributed by atoms with van der Waals surface area (Å²) in [4.78, 5) is 25.2. The van der Waals surface area contributed by atoms with E-state index in [1.54, 1.807) is 60.7 Å². The number of rotatable bonds is 10. The predicted octanol–water partition coefficient (Wildman–Crippen LogP) is 7.65. The van der Waals surface area contributed by atoms with Crippen LogP contribution in [0.3, 0.4) is 0 Å². The molecule has 0 saturated carbocycles. The molecular formula is C32H24F2O5. The summed E-state index contributed by atoms with van der Waals surface area (Å²) < 4.78 is 43.8. The highest BCUT2D eigenvalue weighted by molar-refractivity contribution is 5.93. The Morgan fingerprint density at radius 1 is 0.590 bits per heavy atom. The van der Waals surface area contributed by atoms with Crippen molar-refractivity contribution in [1.82, 2.24) is 0 Å². The normalized spacial score (nSPS) is 10.4. The molecule has 0 heterocycles. The van der Waals surface area contributed by atoms with Crippen molar-refractivity contribution in [2.45, 2.75) is 12.8 Å². The number of carbonyl (C=O) groups excluding carboxylic acids is 2. The molecule has 0 unspecified atom stereocenters. The molecule has 0 aliphatic rings. The third-order valence-corrected chi connectivity index (χ3v) is 5.61. The van der Waals surface area contributed by atoms with E-state index in [4.69, 9.17) is 14.2 Å². The lowest BCUT2D eigenvalue weighted by molar-refractivity contribution is 0.0724. The molecule has 39 heavy (non-hydrogen) atoms. The number of carbonyl (C=O) groups is 2. The topological polar surface area (TPSA) is 61.8 Å². The number of hydrogen-bond acceptors (Lipinski definition) is 5. The van der Waals surface area contributed by atoms with Gasteiger partial charge in [0.05, 0.1) is 11.1 Å². The SMILES string of the molecule is C=CCc1cc(F)ccc1C(=O)Oc1ccc(Oc2ccc(OC(=O)c3ccc(F)cc3CC=C)cc2)cc1. The van der Waals surface area contributed by atoms with Crippen LogP contribution in [0.15, 0.2) is 110 Å². The first-order chi connectivity index (χ1) is 18.9. The van der Waals surface area contributed by atoms with Gasteiger partial charge < -0.3 is 14.2 Å². The number of hydrogen-bond donors (Lipinski definition) is 0. The number of allylic oxidation sites excluding steroid dienone is 2. The number of halogens is 2. The van der Waals surface area contributed by atoms with Gasteiger partial charge in [-0.15, -0.1) is 13.2 Å². The van der Waals surface area contributed by atoms with Crippen LogP contribution < -0.4 is 14.2 Å². The lowest BCUT2D eigenvalue weighted by atomic mass is 10.0. The van der Waals surface area contributed by atoms with Crippen molar-refractivity contribution in [3.63, 3.8) is 0 Å². The predicted molar refractivity (Wildman–Crippen MR) is 143 cm³/mol. The van der Waals surface area contributed by atoms with E-state index >= 15 is 0 Å². The fraction of sp³-hybridized carbons (Fsp3) is 0.0625. The third kappa shape index (κ3) is 7.05. The van der Waals surface area contributed by atoms with Crippen molar-refractivity contribution >= 4 is 11.9 Å².